The van der Waals surface area contributed by atoms with Crippen molar-refractivity contribution >= 4 is 57.3 Å². The normalized spacial score (nSPS) is 14.8. The number of rotatable bonds is 10. The summed E-state index contributed by atoms with van der Waals surface area (Å²) in [4.78, 5) is 27.2. The van der Waals surface area contributed by atoms with E-state index in [2.05, 4.69) is 26.5 Å². The van der Waals surface area contributed by atoms with Crippen LogP contribution in [-0.2, 0) is 17.9 Å². The maximum atomic E-state index is 12.8. The summed E-state index contributed by atoms with van der Waals surface area (Å²) in [5, 5.41) is 4.65. The largest absolute Gasteiger partial charge is 0.493 e. The van der Waals surface area contributed by atoms with Gasteiger partial charge in [0.05, 0.1) is 23.5 Å². The fourth-order valence-electron chi connectivity index (χ4n) is 4.43. The molecule has 0 aliphatic carbocycles. The number of hydrogen-bond acceptors (Lipinski definition) is 6. The molecule has 42 heavy (non-hydrogen) atoms. The molecule has 10 heteroatoms. The van der Waals surface area contributed by atoms with Crippen LogP contribution in [0.4, 0.5) is 0 Å². The molecular formula is C32H27BrClN3O4S. The number of hydrogen-bond donors (Lipinski definition) is 1. The van der Waals surface area contributed by atoms with Crippen molar-refractivity contribution < 1.29 is 19.1 Å². The summed E-state index contributed by atoms with van der Waals surface area (Å²) in [6.45, 7) is 0.821. The third kappa shape index (κ3) is 7.15. The average molecular weight is 665 g/mol. The van der Waals surface area contributed by atoms with Crippen molar-refractivity contribution in [3.8, 4) is 11.5 Å². The van der Waals surface area contributed by atoms with Crippen molar-refractivity contribution in [3.05, 3.63) is 128 Å². The van der Waals surface area contributed by atoms with E-state index in [-0.39, 0.29) is 23.8 Å². The van der Waals surface area contributed by atoms with Crippen LogP contribution in [0.25, 0.3) is 0 Å². The summed E-state index contributed by atoms with van der Waals surface area (Å²) >= 11 is 11.4. The molecule has 1 aliphatic rings. The second-order valence-corrected chi connectivity index (χ2v) is 11.7. The van der Waals surface area contributed by atoms with Crippen molar-refractivity contribution in [2.24, 2.45) is 5.10 Å². The minimum absolute atomic E-state index is 0.0992. The fourth-order valence-corrected chi connectivity index (χ4v) is 6.38. The fraction of sp³-hybridized carbons (Fsp3) is 0.156. The van der Waals surface area contributed by atoms with Gasteiger partial charge in [-0.3, -0.25) is 9.59 Å². The molecule has 2 amide bonds. The van der Waals surface area contributed by atoms with Crippen molar-refractivity contribution in [2.75, 3.05) is 12.9 Å². The van der Waals surface area contributed by atoms with Crippen LogP contribution < -0.4 is 14.9 Å². The molecule has 1 heterocycles. The third-order valence-corrected chi connectivity index (χ3v) is 8.80. The SMILES string of the molecule is COc1cc(/C=N\NC(=O)c2ccc([C@@H]3SCC(=O)N3Cc3ccccc3)cc2)cc(Br)c1OCc1ccccc1Cl. The zero-order chi connectivity index (χ0) is 29.5. The molecule has 0 saturated carbocycles. The number of amides is 2. The Morgan fingerprint density at radius 3 is 2.57 bits per heavy atom. The zero-order valence-corrected chi connectivity index (χ0v) is 25.8. The molecule has 1 saturated heterocycles. The van der Waals surface area contributed by atoms with Crippen LogP contribution in [0, 0.1) is 0 Å². The maximum Gasteiger partial charge on any atom is 0.271 e. The lowest BCUT2D eigenvalue weighted by molar-refractivity contribution is -0.128. The zero-order valence-electron chi connectivity index (χ0n) is 22.6. The molecule has 214 valence electrons. The lowest BCUT2D eigenvalue weighted by Crippen LogP contribution is -2.27. The van der Waals surface area contributed by atoms with Crippen molar-refractivity contribution in [1.82, 2.24) is 10.3 Å². The third-order valence-electron chi connectivity index (χ3n) is 6.58. The summed E-state index contributed by atoms with van der Waals surface area (Å²) in [6, 6.07) is 28.2. The van der Waals surface area contributed by atoms with E-state index in [4.69, 9.17) is 21.1 Å². The predicted molar refractivity (Wildman–Crippen MR) is 170 cm³/mol. The van der Waals surface area contributed by atoms with E-state index < -0.39 is 0 Å². The highest BCUT2D eigenvalue weighted by Crippen LogP contribution is 2.40. The first-order valence-electron chi connectivity index (χ1n) is 13.0. The van der Waals surface area contributed by atoms with Gasteiger partial charge >= 0.3 is 0 Å². The van der Waals surface area contributed by atoms with Gasteiger partial charge in [0.1, 0.15) is 12.0 Å². The molecule has 0 radical (unpaired) electrons. The highest BCUT2D eigenvalue weighted by Gasteiger charge is 2.32. The first-order chi connectivity index (χ1) is 20.4. The Balaban J connectivity index is 1.20. The first-order valence-corrected chi connectivity index (χ1v) is 15.3. The Morgan fingerprint density at radius 1 is 1.10 bits per heavy atom. The smallest absolute Gasteiger partial charge is 0.271 e. The van der Waals surface area contributed by atoms with Crippen LogP contribution in [0.5, 0.6) is 11.5 Å². The number of hydrazone groups is 1. The number of halogens is 2. The van der Waals surface area contributed by atoms with Gasteiger partial charge in [0.15, 0.2) is 11.5 Å². The highest BCUT2D eigenvalue weighted by atomic mass is 79.9. The molecule has 1 N–H and O–H groups in total. The average Bonchev–Trinajstić information content (AvgIpc) is 3.37. The molecule has 1 aliphatic heterocycles. The van der Waals surface area contributed by atoms with Gasteiger partial charge in [0.25, 0.3) is 5.91 Å². The van der Waals surface area contributed by atoms with Crippen LogP contribution in [-0.4, -0.2) is 35.8 Å². The predicted octanol–water partition coefficient (Wildman–Crippen LogP) is 7.23. The van der Waals surface area contributed by atoms with Crippen LogP contribution in [0.2, 0.25) is 5.02 Å². The van der Waals surface area contributed by atoms with E-state index in [9.17, 15) is 9.59 Å². The second kappa shape index (κ2) is 13.9. The Morgan fingerprint density at radius 2 is 1.83 bits per heavy atom. The number of benzene rings is 4. The molecular weight excluding hydrogens is 638 g/mol. The summed E-state index contributed by atoms with van der Waals surface area (Å²) < 4.78 is 12.2. The molecule has 0 spiro atoms. The van der Waals surface area contributed by atoms with Crippen LogP contribution in [0.3, 0.4) is 0 Å². The van der Waals surface area contributed by atoms with Crippen LogP contribution in [0.15, 0.2) is 101 Å². The highest BCUT2D eigenvalue weighted by molar-refractivity contribution is 9.10. The molecule has 1 atom stereocenters. The molecule has 4 aromatic carbocycles. The maximum absolute atomic E-state index is 12.8. The Labute approximate surface area is 262 Å². The topological polar surface area (TPSA) is 80.2 Å². The van der Waals surface area contributed by atoms with Gasteiger partial charge in [-0.2, -0.15) is 5.10 Å². The molecule has 7 nitrogen and oxygen atoms in total. The van der Waals surface area contributed by atoms with Gasteiger partial charge < -0.3 is 14.4 Å². The molecule has 5 rings (SSSR count). The van der Waals surface area contributed by atoms with Gasteiger partial charge in [-0.1, -0.05) is 72.3 Å². The number of methoxy groups -OCH3 is 1. The summed E-state index contributed by atoms with van der Waals surface area (Å²) in [7, 11) is 1.55. The van der Waals surface area contributed by atoms with Gasteiger partial charge in [-0.25, -0.2) is 5.43 Å². The van der Waals surface area contributed by atoms with Crippen LogP contribution in [0.1, 0.15) is 38.0 Å². The quantitative estimate of drug-likeness (QED) is 0.143. The van der Waals surface area contributed by atoms with E-state index >= 15 is 0 Å². The van der Waals surface area contributed by atoms with E-state index in [1.807, 2.05) is 77.7 Å². The number of carbonyl (C=O) groups excluding carboxylic acids is 2. The number of carbonyl (C=O) groups is 2. The van der Waals surface area contributed by atoms with Gasteiger partial charge in [0.2, 0.25) is 5.91 Å². The van der Waals surface area contributed by atoms with Gasteiger partial charge in [0, 0.05) is 22.7 Å². The number of thioether (sulfide) groups is 1. The van der Waals surface area contributed by atoms with Crippen molar-refractivity contribution in [1.29, 1.82) is 0 Å². The Bertz CT molecular complexity index is 1600. The monoisotopic (exact) mass is 663 g/mol. The summed E-state index contributed by atoms with van der Waals surface area (Å²) in [5.74, 6) is 1.23. The molecule has 0 bridgehead atoms. The molecule has 4 aromatic rings. The summed E-state index contributed by atoms with van der Waals surface area (Å²) in [6.07, 6.45) is 1.53. The van der Waals surface area contributed by atoms with Crippen LogP contribution >= 0.6 is 39.3 Å². The second-order valence-electron chi connectivity index (χ2n) is 9.41. The lowest BCUT2D eigenvalue weighted by atomic mass is 10.1. The van der Waals surface area contributed by atoms with Gasteiger partial charge in [-0.05, 0) is 63.0 Å². The minimum Gasteiger partial charge on any atom is -0.493 e. The number of ether oxygens (including phenoxy) is 2. The van der Waals surface area contributed by atoms with Crippen molar-refractivity contribution in [3.63, 3.8) is 0 Å². The molecule has 1 fully saturated rings. The molecule has 0 unspecified atom stereocenters. The van der Waals surface area contributed by atoms with E-state index in [0.717, 1.165) is 16.7 Å². The van der Waals surface area contributed by atoms with E-state index in [1.54, 1.807) is 37.1 Å². The first kappa shape index (κ1) is 29.7. The minimum atomic E-state index is -0.347. The van der Waals surface area contributed by atoms with Gasteiger partial charge in [-0.15, -0.1) is 11.8 Å². The number of nitrogens with one attached hydrogen (secondary N) is 1. The van der Waals surface area contributed by atoms with Crippen molar-refractivity contribution in [2.45, 2.75) is 18.5 Å². The Kier molecular flexibility index (Phi) is 9.84. The number of nitrogens with zero attached hydrogens (tertiary/aromatic N) is 2. The molecule has 0 aromatic heterocycles. The van der Waals surface area contributed by atoms with E-state index in [0.29, 0.717) is 44.4 Å². The van der Waals surface area contributed by atoms with E-state index in [1.165, 1.54) is 6.21 Å². The standard InChI is InChI=1S/C32H27BrClN3O4S/c1-40-28-16-22(15-26(33)30(28)41-19-25-9-5-6-10-27(25)34)17-35-36-31(39)23-11-13-24(14-12-23)32-37(29(38)20-42-32)18-21-7-3-2-4-8-21/h2-17,32H,18-20H2,1H3,(H,36,39)/b35-17-/t32-/m0/s1. The summed E-state index contributed by atoms with van der Waals surface area (Å²) in [5.41, 5.74) is 6.63. The lowest BCUT2D eigenvalue weighted by Gasteiger charge is -2.24. The Hall–Kier alpha value is -3.79.